The minimum Gasteiger partial charge on any atom is -0.497 e. The fraction of sp³-hybridized carbons (Fsp3) is 0.448. The van der Waals surface area contributed by atoms with Crippen LogP contribution in [0.5, 0.6) is 5.75 Å². The molecule has 1 atom stereocenters. The number of nitrogens with zero attached hydrogens (tertiary/aromatic N) is 2. The molecular weight excluding hydrogens is 514 g/mol. The molecule has 210 valence electrons. The second-order valence-electron chi connectivity index (χ2n) is 10.3. The average Bonchev–Trinajstić information content (AvgIpc) is 2.94. The molecule has 2 heterocycles. The molecule has 0 radical (unpaired) electrons. The summed E-state index contributed by atoms with van der Waals surface area (Å²) in [5.74, 6) is -3.00. The van der Waals surface area contributed by atoms with E-state index in [1.54, 1.807) is 43.9 Å². The van der Waals surface area contributed by atoms with Crippen LogP contribution in [0.15, 0.2) is 36.5 Å². The van der Waals surface area contributed by atoms with Crippen molar-refractivity contribution < 1.29 is 32.3 Å². The standard InChI is InChI=1S/C29H33F4N3O3/c1-18-17-34-25-6-5-21(39-2)16-22(25)26(18)23(31)7-8-29(28(37)35-38)9-12-36(13-10-29)11-3-4-19-14-20(30)15-24(32)27(19)33/h5-6,14-17,23,38H,3-4,7-13H2,1-2H3,(H,35,37)/t23-/m1/s1. The molecule has 3 aromatic rings. The lowest BCUT2D eigenvalue weighted by Gasteiger charge is -2.40. The molecule has 10 heteroatoms. The molecule has 2 N–H and O–H groups in total. The first-order valence-electron chi connectivity index (χ1n) is 13.0. The fourth-order valence-electron chi connectivity index (χ4n) is 5.58. The second-order valence-corrected chi connectivity index (χ2v) is 10.3. The Morgan fingerprint density at radius 2 is 1.95 bits per heavy atom. The Bertz CT molecular complexity index is 1330. The van der Waals surface area contributed by atoms with Crippen molar-refractivity contribution in [2.45, 2.75) is 51.6 Å². The number of piperidine rings is 1. The molecule has 1 fully saturated rings. The number of hydrogen-bond acceptors (Lipinski definition) is 5. The highest BCUT2D eigenvalue weighted by Crippen LogP contribution is 2.41. The third-order valence-electron chi connectivity index (χ3n) is 7.89. The number of aromatic nitrogens is 1. The van der Waals surface area contributed by atoms with Crippen LogP contribution in [0.1, 0.15) is 55.0 Å². The number of rotatable bonds is 10. The predicted molar refractivity (Wildman–Crippen MR) is 139 cm³/mol. The van der Waals surface area contributed by atoms with Crippen molar-refractivity contribution in [3.63, 3.8) is 0 Å². The monoisotopic (exact) mass is 547 g/mol. The maximum absolute atomic E-state index is 15.8. The topological polar surface area (TPSA) is 74.7 Å². The highest BCUT2D eigenvalue weighted by molar-refractivity contribution is 5.85. The van der Waals surface area contributed by atoms with Gasteiger partial charge in [-0.25, -0.2) is 23.0 Å². The maximum atomic E-state index is 15.8. The Hall–Kier alpha value is -3.24. The predicted octanol–water partition coefficient (Wildman–Crippen LogP) is 5.98. The third kappa shape index (κ3) is 6.33. The molecule has 6 nitrogen and oxygen atoms in total. The Morgan fingerprint density at radius 1 is 1.21 bits per heavy atom. The van der Waals surface area contributed by atoms with Gasteiger partial charge in [0.2, 0.25) is 5.91 Å². The molecule has 0 unspecified atom stereocenters. The molecule has 1 aliphatic rings. The number of methoxy groups -OCH3 is 1. The largest absolute Gasteiger partial charge is 0.497 e. The second kappa shape index (κ2) is 12.3. The van der Waals surface area contributed by atoms with Crippen LogP contribution in [-0.2, 0) is 11.2 Å². The lowest BCUT2D eigenvalue weighted by Crippen LogP contribution is -2.48. The van der Waals surface area contributed by atoms with Gasteiger partial charge in [-0.1, -0.05) is 0 Å². The zero-order valence-electron chi connectivity index (χ0n) is 22.1. The van der Waals surface area contributed by atoms with E-state index < -0.39 is 34.9 Å². The SMILES string of the molecule is COc1ccc2ncc(C)c([C@H](F)CCC3(C(=O)NO)CCN(CCCc4cc(F)cc(F)c4F)CC3)c2c1. The number of hydrogen-bond donors (Lipinski definition) is 2. The van der Waals surface area contributed by atoms with Gasteiger partial charge >= 0.3 is 0 Å². The van der Waals surface area contributed by atoms with Crippen molar-refractivity contribution in [3.8, 4) is 5.75 Å². The van der Waals surface area contributed by atoms with E-state index in [0.717, 1.165) is 6.07 Å². The summed E-state index contributed by atoms with van der Waals surface area (Å²) in [6.07, 6.45) is 2.04. The molecule has 0 spiro atoms. The molecule has 1 amide bonds. The maximum Gasteiger partial charge on any atom is 0.249 e. The van der Waals surface area contributed by atoms with Gasteiger partial charge in [-0.3, -0.25) is 15.0 Å². The summed E-state index contributed by atoms with van der Waals surface area (Å²) < 4.78 is 61.9. The summed E-state index contributed by atoms with van der Waals surface area (Å²) in [5.41, 5.74) is 2.68. The lowest BCUT2D eigenvalue weighted by atomic mass is 9.73. The molecule has 4 rings (SSSR count). The highest BCUT2D eigenvalue weighted by atomic mass is 19.2. The van der Waals surface area contributed by atoms with Crippen LogP contribution < -0.4 is 10.2 Å². The number of pyridine rings is 1. The van der Waals surface area contributed by atoms with Gasteiger partial charge in [0.25, 0.3) is 0 Å². The van der Waals surface area contributed by atoms with Crippen LogP contribution in [0, 0.1) is 29.8 Å². The van der Waals surface area contributed by atoms with Crippen LogP contribution in [-0.4, -0.2) is 47.7 Å². The molecule has 1 aromatic heterocycles. The van der Waals surface area contributed by atoms with Crippen molar-refractivity contribution in [1.29, 1.82) is 0 Å². The Morgan fingerprint density at radius 3 is 2.64 bits per heavy atom. The van der Waals surface area contributed by atoms with Gasteiger partial charge in [-0.2, -0.15) is 0 Å². The Kier molecular flexibility index (Phi) is 9.07. The summed E-state index contributed by atoms with van der Waals surface area (Å²) in [6.45, 7) is 3.37. The van der Waals surface area contributed by atoms with Gasteiger partial charge in [0.15, 0.2) is 11.6 Å². The zero-order chi connectivity index (χ0) is 28.2. The number of halogens is 4. The lowest BCUT2D eigenvalue weighted by molar-refractivity contribution is -0.143. The number of alkyl halides is 1. The minimum absolute atomic E-state index is 0.0101. The van der Waals surface area contributed by atoms with Gasteiger partial charge in [-0.05, 0) is 106 Å². The van der Waals surface area contributed by atoms with Crippen molar-refractivity contribution >= 4 is 16.8 Å². The van der Waals surface area contributed by atoms with E-state index >= 15 is 4.39 Å². The number of nitrogens with one attached hydrogen (secondary N) is 1. The Labute approximate surface area is 224 Å². The minimum atomic E-state index is -1.36. The van der Waals surface area contributed by atoms with E-state index in [9.17, 15) is 23.2 Å². The summed E-state index contributed by atoms with van der Waals surface area (Å²) in [5, 5.41) is 10.1. The van der Waals surface area contributed by atoms with Crippen molar-refractivity contribution in [2.75, 3.05) is 26.7 Å². The molecule has 0 bridgehead atoms. The van der Waals surface area contributed by atoms with E-state index in [4.69, 9.17) is 4.74 Å². The molecule has 1 aliphatic heterocycles. The average molecular weight is 548 g/mol. The number of carbonyl (C=O) groups is 1. The first kappa shape index (κ1) is 28.8. The van der Waals surface area contributed by atoms with Crippen LogP contribution in [0.4, 0.5) is 17.6 Å². The quantitative estimate of drug-likeness (QED) is 0.141. The van der Waals surface area contributed by atoms with Crippen LogP contribution in [0.2, 0.25) is 0 Å². The first-order valence-corrected chi connectivity index (χ1v) is 13.0. The van der Waals surface area contributed by atoms with Crippen LogP contribution in [0.25, 0.3) is 10.9 Å². The van der Waals surface area contributed by atoms with E-state index in [1.165, 1.54) is 0 Å². The van der Waals surface area contributed by atoms with E-state index in [1.807, 2.05) is 0 Å². The summed E-state index contributed by atoms with van der Waals surface area (Å²) in [6, 6.07) is 6.83. The molecule has 2 aromatic carbocycles. The van der Waals surface area contributed by atoms with Crippen molar-refractivity contribution in [1.82, 2.24) is 15.4 Å². The highest BCUT2D eigenvalue weighted by Gasteiger charge is 2.41. The van der Waals surface area contributed by atoms with Crippen molar-refractivity contribution in [2.24, 2.45) is 5.41 Å². The molecule has 39 heavy (non-hydrogen) atoms. The van der Waals surface area contributed by atoms with Gasteiger partial charge in [-0.15, -0.1) is 0 Å². The van der Waals surface area contributed by atoms with Gasteiger partial charge in [0.1, 0.15) is 17.7 Å². The number of ether oxygens (including phenoxy) is 1. The molecular formula is C29H33F4N3O3. The normalized spacial score (nSPS) is 16.3. The third-order valence-corrected chi connectivity index (χ3v) is 7.89. The van der Waals surface area contributed by atoms with Gasteiger partial charge in [0.05, 0.1) is 18.0 Å². The van der Waals surface area contributed by atoms with Crippen molar-refractivity contribution in [3.05, 3.63) is 70.7 Å². The van der Waals surface area contributed by atoms with Crippen LogP contribution in [0.3, 0.4) is 0 Å². The number of amides is 1. The number of aryl methyl sites for hydroxylation is 2. The molecule has 0 aliphatic carbocycles. The zero-order valence-corrected chi connectivity index (χ0v) is 22.1. The Balaban J connectivity index is 1.40. The van der Waals surface area contributed by atoms with E-state index in [0.29, 0.717) is 72.7 Å². The fourth-order valence-corrected chi connectivity index (χ4v) is 5.58. The number of hydroxylamine groups is 1. The van der Waals surface area contributed by atoms with Gasteiger partial charge in [0, 0.05) is 17.6 Å². The number of benzene rings is 2. The summed E-state index contributed by atoms with van der Waals surface area (Å²) in [7, 11) is 1.54. The summed E-state index contributed by atoms with van der Waals surface area (Å²) in [4.78, 5) is 19.2. The number of fused-ring (bicyclic) bond motifs is 1. The van der Waals surface area contributed by atoms with Crippen LogP contribution >= 0.6 is 0 Å². The molecule has 1 saturated heterocycles. The number of carbonyl (C=O) groups excluding carboxylic acids is 1. The molecule has 0 saturated carbocycles. The first-order chi connectivity index (χ1) is 18.7. The van der Waals surface area contributed by atoms with E-state index in [-0.39, 0.29) is 24.8 Å². The number of likely N-dealkylation sites (tertiary alicyclic amines) is 1. The smallest absolute Gasteiger partial charge is 0.249 e. The van der Waals surface area contributed by atoms with E-state index in [2.05, 4.69) is 9.88 Å². The summed E-state index contributed by atoms with van der Waals surface area (Å²) >= 11 is 0. The van der Waals surface area contributed by atoms with Gasteiger partial charge < -0.3 is 9.64 Å².